The topological polar surface area (TPSA) is 47.6 Å². The molecule has 1 aromatic carbocycles. The Morgan fingerprint density at radius 2 is 2.05 bits per heavy atom. The first-order valence-corrected chi connectivity index (χ1v) is 8.09. The maximum atomic E-state index is 11.4. The molecule has 0 saturated carbocycles. The van der Waals surface area contributed by atoms with E-state index in [1.807, 2.05) is 0 Å². The summed E-state index contributed by atoms with van der Waals surface area (Å²) in [6.45, 7) is 5.41. The van der Waals surface area contributed by atoms with E-state index in [4.69, 9.17) is 0 Å². The molecule has 1 atom stereocenters. The van der Waals surface area contributed by atoms with Gasteiger partial charge in [-0.3, -0.25) is 9.69 Å². The van der Waals surface area contributed by atoms with Crippen molar-refractivity contribution in [3.05, 3.63) is 35.9 Å². The summed E-state index contributed by atoms with van der Waals surface area (Å²) in [4.78, 5) is 16.4. The Hall–Kier alpha value is -1.43. The monoisotopic (exact) mass is 304 g/mol. The molecule has 5 nitrogen and oxygen atoms in total. The number of amides is 1. The Morgan fingerprint density at radius 1 is 1.27 bits per heavy atom. The van der Waals surface area contributed by atoms with Gasteiger partial charge in [0.05, 0.1) is 6.54 Å². The van der Waals surface area contributed by atoms with Gasteiger partial charge in [0.2, 0.25) is 5.91 Å². The molecule has 5 heteroatoms. The van der Waals surface area contributed by atoms with Crippen LogP contribution in [0.2, 0.25) is 0 Å². The Labute approximate surface area is 133 Å². The molecule has 0 aliphatic carbocycles. The summed E-state index contributed by atoms with van der Waals surface area (Å²) in [6, 6.07) is 11.2. The lowest BCUT2D eigenvalue weighted by Gasteiger charge is -2.40. The van der Waals surface area contributed by atoms with Crippen molar-refractivity contribution in [2.75, 3.05) is 53.4 Å². The minimum absolute atomic E-state index is 0.0699. The van der Waals surface area contributed by atoms with Gasteiger partial charge >= 0.3 is 0 Å². The van der Waals surface area contributed by atoms with Gasteiger partial charge in [0.15, 0.2) is 0 Å². The fraction of sp³-hybridized carbons (Fsp3) is 0.588. The van der Waals surface area contributed by atoms with Crippen molar-refractivity contribution < 1.29 is 4.79 Å². The van der Waals surface area contributed by atoms with E-state index >= 15 is 0 Å². The summed E-state index contributed by atoms with van der Waals surface area (Å²) in [5, 5.41) is 5.81. The number of benzene rings is 1. The predicted octanol–water partition coefficient (Wildman–Crippen LogP) is 0.701. The van der Waals surface area contributed by atoms with E-state index in [1.165, 1.54) is 5.56 Å². The molecule has 0 aromatic heterocycles. The molecule has 1 fully saturated rings. The molecule has 2 rings (SSSR count). The van der Waals surface area contributed by atoms with Crippen molar-refractivity contribution in [1.82, 2.24) is 20.4 Å². The Morgan fingerprint density at radius 3 is 2.77 bits per heavy atom. The molecule has 1 unspecified atom stereocenters. The molecule has 1 aliphatic heterocycles. The second-order valence-corrected chi connectivity index (χ2v) is 5.96. The quantitative estimate of drug-likeness (QED) is 0.728. The van der Waals surface area contributed by atoms with Crippen LogP contribution >= 0.6 is 0 Å². The van der Waals surface area contributed by atoms with E-state index in [1.54, 1.807) is 7.05 Å². The zero-order chi connectivity index (χ0) is 15.8. The number of hydrogen-bond donors (Lipinski definition) is 2. The van der Waals surface area contributed by atoms with Crippen LogP contribution in [0.4, 0.5) is 0 Å². The number of carbonyl (C=O) groups excluding carboxylic acids is 1. The first kappa shape index (κ1) is 16.9. The lowest BCUT2D eigenvalue weighted by atomic mass is 10.0. The minimum Gasteiger partial charge on any atom is -0.355 e. The van der Waals surface area contributed by atoms with E-state index in [2.05, 4.69) is 57.8 Å². The minimum atomic E-state index is 0.0699. The molecule has 0 spiro atoms. The van der Waals surface area contributed by atoms with Crippen molar-refractivity contribution in [3.8, 4) is 0 Å². The van der Waals surface area contributed by atoms with Gasteiger partial charge in [0, 0.05) is 38.8 Å². The standard InChI is InChI=1S/C17H28N4O/c1-18-13-17(22)19-9-6-10-21-12-11-20(2)14-16(21)15-7-4-3-5-8-15/h3-5,7-8,16,18H,6,9-14H2,1-2H3,(H,19,22). The Balaban J connectivity index is 1.84. The van der Waals surface area contributed by atoms with Crippen LogP contribution in [0.5, 0.6) is 0 Å². The van der Waals surface area contributed by atoms with Gasteiger partial charge in [-0.05, 0) is 26.1 Å². The van der Waals surface area contributed by atoms with Crippen LogP contribution in [0.25, 0.3) is 0 Å². The number of rotatable bonds is 7. The van der Waals surface area contributed by atoms with E-state index < -0.39 is 0 Å². The molecule has 1 aliphatic rings. The van der Waals surface area contributed by atoms with Crippen molar-refractivity contribution in [2.45, 2.75) is 12.5 Å². The third-order valence-corrected chi connectivity index (χ3v) is 4.16. The zero-order valence-corrected chi connectivity index (χ0v) is 13.7. The fourth-order valence-corrected chi connectivity index (χ4v) is 2.95. The highest BCUT2D eigenvalue weighted by atomic mass is 16.1. The third kappa shape index (κ3) is 5.09. The van der Waals surface area contributed by atoms with Crippen LogP contribution in [0.15, 0.2) is 30.3 Å². The number of nitrogens with one attached hydrogen (secondary N) is 2. The largest absolute Gasteiger partial charge is 0.355 e. The molecular formula is C17H28N4O. The maximum Gasteiger partial charge on any atom is 0.233 e. The summed E-state index contributed by atoms with van der Waals surface area (Å²) >= 11 is 0. The normalized spacial score (nSPS) is 20.0. The van der Waals surface area contributed by atoms with Gasteiger partial charge in [-0.15, -0.1) is 0 Å². The number of hydrogen-bond acceptors (Lipinski definition) is 4. The highest BCUT2D eigenvalue weighted by Crippen LogP contribution is 2.24. The number of likely N-dealkylation sites (N-methyl/N-ethyl adjacent to an activating group) is 2. The molecular weight excluding hydrogens is 276 g/mol. The van der Waals surface area contributed by atoms with E-state index in [0.29, 0.717) is 12.6 Å². The molecule has 1 amide bonds. The SMILES string of the molecule is CNCC(=O)NCCCN1CCN(C)CC1c1ccccc1. The van der Waals surface area contributed by atoms with Crippen LogP contribution in [-0.2, 0) is 4.79 Å². The lowest BCUT2D eigenvalue weighted by Crippen LogP contribution is -2.47. The van der Waals surface area contributed by atoms with Crippen LogP contribution in [0, 0.1) is 0 Å². The second-order valence-electron chi connectivity index (χ2n) is 5.96. The fourth-order valence-electron chi connectivity index (χ4n) is 2.95. The molecule has 22 heavy (non-hydrogen) atoms. The lowest BCUT2D eigenvalue weighted by molar-refractivity contribution is -0.120. The van der Waals surface area contributed by atoms with E-state index in [9.17, 15) is 4.79 Å². The Bertz CT molecular complexity index is 451. The summed E-state index contributed by atoms with van der Waals surface area (Å²) in [7, 11) is 3.97. The Kier molecular flexibility index (Phi) is 6.83. The van der Waals surface area contributed by atoms with E-state index in [-0.39, 0.29) is 5.91 Å². The highest BCUT2D eigenvalue weighted by molar-refractivity contribution is 5.77. The number of piperazine rings is 1. The number of carbonyl (C=O) groups is 1. The maximum absolute atomic E-state index is 11.4. The number of nitrogens with zero attached hydrogens (tertiary/aromatic N) is 2. The van der Waals surface area contributed by atoms with Gasteiger partial charge in [-0.25, -0.2) is 0 Å². The highest BCUT2D eigenvalue weighted by Gasteiger charge is 2.25. The van der Waals surface area contributed by atoms with Crippen molar-refractivity contribution in [1.29, 1.82) is 0 Å². The van der Waals surface area contributed by atoms with Gasteiger partial charge in [-0.2, -0.15) is 0 Å². The molecule has 0 radical (unpaired) electrons. The summed E-state index contributed by atoms with van der Waals surface area (Å²) in [5.41, 5.74) is 1.38. The van der Waals surface area contributed by atoms with Crippen LogP contribution < -0.4 is 10.6 Å². The van der Waals surface area contributed by atoms with Gasteiger partial charge in [0.25, 0.3) is 0 Å². The van der Waals surface area contributed by atoms with Crippen LogP contribution in [0.1, 0.15) is 18.0 Å². The molecule has 122 valence electrons. The summed E-state index contributed by atoms with van der Waals surface area (Å²) in [6.07, 6.45) is 0.989. The van der Waals surface area contributed by atoms with Crippen LogP contribution in [0.3, 0.4) is 0 Å². The average molecular weight is 304 g/mol. The van der Waals surface area contributed by atoms with Gasteiger partial charge in [-0.1, -0.05) is 30.3 Å². The first-order chi connectivity index (χ1) is 10.7. The molecule has 0 bridgehead atoms. The summed E-state index contributed by atoms with van der Waals surface area (Å²) in [5.74, 6) is 0.0699. The van der Waals surface area contributed by atoms with Crippen molar-refractivity contribution in [3.63, 3.8) is 0 Å². The van der Waals surface area contributed by atoms with Gasteiger partial charge in [0.1, 0.15) is 0 Å². The zero-order valence-electron chi connectivity index (χ0n) is 13.7. The van der Waals surface area contributed by atoms with Crippen molar-refractivity contribution >= 4 is 5.91 Å². The average Bonchev–Trinajstić information content (AvgIpc) is 2.54. The molecule has 2 N–H and O–H groups in total. The van der Waals surface area contributed by atoms with Crippen LogP contribution in [-0.4, -0.2) is 69.1 Å². The smallest absolute Gasteiger partial charge is 0.233 e. The molecule has 1 saturated heterocycles. The molecule has 1 aromatic rings. The first-order valence-electron chi connectivity index (χ1n) is 8.09. The van der Waals surface area contributed by atoms with Gasteiger partial charge < -0.3 is 15.5 Å². The second kappa shape index (κ2) is 8.88. The van der Waals surface area contributed by atoms with E-state index in [0.717, 1.165) is 39.1 Å². The summed E-state index contributed by atoms with van der Waals surface area (Å²) < 4.78 is 0. The predicted molar refractivity (Wildman–Crippen MR) is 89.8 cm³/mol. The van der Waals surface area contributed by atoms with Crippen molar-refractivity contribution in [2.24, 2.45) is 0 Å². The third-order valence-electron chi connectivity index (χ3n) is 4.16. The molecule has 1 heterocycles.